The third kappa shape index (κ3) is 3.97. The molecule has 1 aliphatic heterocycles. The van der Waals surface area contributed by atoms with Gasteiger partial charge < -0.3 is 9.84 Å². The van der Waals surface area contributed by atoms with E-state index < -0.39 is 17.7 Å². The van der Waals surface area contributed by atoms with Gasteiger partial charge in [-0.2, -0.15) is 0 Å². The number of aliphatic hydroxyl groups excluding tert-OH is 1. The molecule has 1 N–H and O–H groups in total. The molecule has 0 saturated heterocycles. The van der Waals surface area contributed by atoms with E-state index in [4.69, 9.17) is 4.74 Å². The van der Waals surface area contributed by atoms with E-state index >= 15 is 0 Å². The van der Waals surface area contributed by atoms with Crippen molar-refractivity contribution in [3.8, 4) is 5.75 Å². The molecule has 0 fully saturated rings. The Morgan fingerprint density at radius 3 is 2.13 bits per heavy atom. The molecule has 0 aliphatic carbocycles. The molecule has 1 heterocycles. The highest BCUT2D eigenvalue weighted by Gasteiger charge is 2.44. The quantitative estimate of drug-likeness (QED) is 0.673. The fraction of sp³-hybridized carbons (Fsp3) is 0.360. The van der Waals surface area contributed by atoms with Crippen LogP contribution in [-0.2, 0) is 9.59 Å². The maximum atomic E-state index is 13.0. The molecule has 1 aliphatic rings. The fourth-order valence-corrected chi connectivity index (χ4v) is 3.68. The zero-order chi connectivity index (χ0) is 22.0. The second kappa shape index (κ2) is 8.74. The highest BCUT2D eigenvalue weighted by Crippen LogP contribution is 2.42. The predicted molar refractivity (Wildman–Crippen MR) is 118 cm³/mol. The molecule has 2 aromatic rings. The zero-order valence-corrected chi connectivity index (χ0v) is 18.2. The highest BCUT2D eigenvalue weighted by atomic mass is 16.5. The van der Waals surface area contributed by atoms with Crippen LogP contribution in [0.15, 0.2) is 59.9 Å². The van der Waals surface area contributed by atoms with Crippen LogP contribution in [0.2, 0.25) is 0 Å². The largest absolute Gasteiger partial charge is 0.503 e. The van der Waals surface area contributed by atoms with Gasteiger partial charge in [0.1, 0.15) is 5.75 Å². The summed E-state index contributed by atoms with van der Waals surface area (Å²) in [6, 6.07) is 14.3. The zero-order valence-electron chi connectivity index (χ0n) is 18.2. The van der Waals surface area contributed by atoms with Gasteiger partial charge in [-0.15, -0.1) is 0 Å². The van der Waals surface area contributed by atoms with Gasteiger partial charge in [-0.3, -0.25) is 14.5 Å². The molecule has 0 aromatic heterocycles. The average molecular weight is 408 g/mol. The van der Waals surface area contributed by atoms with Crippen molar-refractivity contribution in [2.45, 2.75) is 46.6 Å². The van der Waals surface area contributed by atoms with Gasteiger partial charge >= 0.3 is 0 Å². The third-order valence-electron chi connectivity index (χ3n) is 5.34. The monoisotopic (exact) mass is 407 g/mol. The van der Waals surface area contributed by atoms with Gasteiger partial charge in [0.25, 0.3) is 5.91 Å². The Morgan fingerprint density at radius 2 is 1.63 bits per heavy atom. The van der Waals surface area contributed by atoms with Gasteiger partial charge in [0, 0.05) is 11.6 Å². The summed E-state index contributed by atoms with van der Waals surface area (Å²) in [5.41, 5.74) is 2.70. The van der Waals surface area contributed by atoms with Crippen molar-refractivity contribution < 1.29 is 19.4 Å². The minimum absolute atomic E-state index is 0.154. The molecule has 5 nitrogen and oxygen atoms in total. The number of nitrogens with zero attached hydrogens (tertiary/aromatic N) is 1. The van der Waals surface area contributed by atoms with Crippen molar-refractivity contribution >= 4 is 17.4 Å². The van der Waals surface area contributed by atoms with Crippen LogP contribution < -0.4 is 9.64 Å². The second-order valence-corrected chi connectivity index (χ2v) is 8.11. The number of hydrogen-bond acceptors (Lipinski definition) is 4. The van der Waals surface area contributed by atoms with Crippen molar-refractivity contribution in [3.63, 3.8) is 0 Å². The normalized spacial score (nSPS) is 16.7. The van der Waals surface area contributed by atoms with Gasteiger partial charge in [-0.05, 0) is 48.2 Å². The molecule has 1 atom stereocenters. The molecular weight excluding hydrogens is 378 g/mol. The van der Waals surface area contributed by atoms with E-state index in [1.165, 1.54) is 10.5 Å². The number of hydrogen-bond donors (Lipinski definition) is 1. The van der Waals surface area contributed by atoms with Gasteiger partial charge in [0.15, 0.2) is 11.5 Å². The topological polar surface area (TPSA) is 66.8 Å². The van der Waals surface area contributed by atoms with Crippen LogP contribution in [0.3, 0.4) is 0 Å². The first-order valence-electron chi connectivity index (χ1n) is 10.4. The standard InChI is InChI=1S/C25H29NO4/c1-6-30-20-13-11-19(12-14-20)26-22(18-9-7-17(8-10-18)15(2)3)21(23(27)16(4)5)24(28)25(26)29/h7-16,22,28H,6H2,1-5H3. The van der Waals surface area contributed by atoms with E-state index in [9.17, 15) is 14.7 Å². The van der Waals surface area contributed by atoms with E-state index in [1.807, 2.05) is 31.2 Å². The summed E-state index contributed by atoms with van der Waals surface area (Å²) in [6.07, 6.45) is 0. The number of carbonyl (C=O) groups excluding carboxylic acids is 2. The summed E-state index contributed by atoms with van der Waals surface area (Å²) < 4.78 is 5.49. The highest BCUT2D eigenvalue weighted by molar-refractivity contribution is 6.16. The Balaban J connectivity index is 2.10. The fourth-order valence-electron chi connectivity index (χ4n) is 3.68. The van der Waals surface area contributed by atoms with E-state index in [2.05, 4.69) is 13.8 Å². The first kappa shape index (κ1) is 21.6. The molecule has 158 valence electrons. The number of ether oxygens (including phenoxy) is 1. The molecule has 3 rings (SSSR count). The molecule has 0 saturated carbocycles. The summed E-state index contributed by atoms with van der Waals surface area (Å²) >= 11 is 0. The van der Waals surface area contributed by atoms with Crippen LogP contribution in [0, 0.1) is 5.92 Å². The molecule has 0 bridgehead atoms. The molecule has 0 radical (unpaired) electrons. The number of aliphatic hydroxyl groups is 1. The molecule has 0 spiro atoms. The maximum absolute atomic E-state index is 13.0. The van der Waals surface area contributed by atoms with E-state index in [0.29, 0.717) is 24.0 Å². The molecular formula is C25H29NO4. The average Bonchev–Trinajstić information content (AvgIpc) is 2.99. The molecule has 1 unspecified atom stereocenters. The number of anilines is 1. The van der Waals surface area contributed by atoms with Gasteiger partial charge in [0.05, 0.1) is 18.2 Å². The lowest BCUT2D eigenvalue weighted by molar-refractivity contribution is -0.119. The van der Waals surface area contributed by atoms with Crippen molar-refractivity contribution in [1.29, 1.82) is 0 Å². The molecule has 2 aromatic carbocycles. The molecule has 1 amide bonds. The number of benzene rings is 2. The minimum atomic E-state index is -0.674. The van der Waals surface area contributed by atoms with Crippen LogP contribution >= 0.6 is 0 Å². The van der Waals surface area contributed by atoms with E-state index in [0.717, 1.165) is 5.56 Å². The number of amides is 1. The van der Waals surface area contributed by atoms with Crippen molar-refractivity contribution in [1.82, 2.24) is 0 Å². The van der Waals surface area contributed by atoms with Gasteiger partial charge in [-0.25, -0.2) is 0 Å². The van der Waals surface area contributed by atoms with Crippen molar-refractivity contribution in [2.75, 3.05) is 11.5 Å². The lowest BCUT2D eigenvalue weighted by atomic mass is 9.90. The first-order chi connectivity index (χ1) is 14.3. The maximum Gasteiger partial charge on any atom is 0.294 e. The van der Waals surface area contributed by atoms with Crippen molar-refractivity contribution in [3.05, 3.63) is 71.0 Å². The molecule has 30 heavy (non-hydrogen) atoms. The van der Waals surface area contributed by atoms with Crippen LogP contribution in [-0.4, -0.2) is 23.4 Å². The van der Waals surface area contributed by atoms with Crippen molar-refractivity contribution in [2.24, 2.45) is 5.92 Å². The lowest BCUT2D eigenvalue weighted by Crippen LogP contribution is -2.31. The van der Waals surface area contributed by atoms with E-state index in [1.54, 1.807) is 38.1 Å². The predicted octanol–water partition coefficient (Wildman–Crippen LogP) is 5.33. The Hall–Kier alpha value is -3.08. The Morgan fingerprint density at radius 1 is 1.03 bits per heavy atom. The smallest absolute Gasteiger partial charge is 0.294 e. The Bertz CT molecular complexity index is 956. The number of carbonyl (C=O) groups is 2. The van der Waals surface area contributed by atoms with Gasteiger partial charge in [-0.1, -0.05) is 52.0 Å². The van der Waals surface area contributed by atoms with Crippen LogP contribution in [0.25, 0.3) is 0 Å². The third-order valence-corrected chi connectivity index (χ3v) is 5.34. The summed E-state index contributed by atoms with van der Waals surface area (Å²) in [7, 11) is 0. The Labute approximate surface area is 178 Å². The molecule has 5 heteroatoms. The summed E-state index contributed by atoms with van der Waals surface area (Å²) in [5.74, 6) is -0.546. The second-order valence-electron chi connectivity index (χ2n) is 8.11. The van der Waals surface area contributed by atoms with Gasteiger partial charge in [0.2, 0.25) is 0 Å². The van der Waals surface area contributed by atoms with E-state index in [-0.39, 0.29) is 17.3 Å². The number of Topliss-reactive ketones (excluding diaryl/α,β-unsaturated/α-hetero) is 1. The minimum Gasteiger partial charge on any atom is -0.503 e. The summed E-state index contributed by atoms with van der Waals surface area (Å²) in [4.78, 5) is 27.5. The van der Waals surface area contributed by atoms with Crippen LogP contribution in [0.5, 0.6) is 5.75 Å². The lowest BCUT2D eigenvalue weighted by Gasteiger charge is -2.27. The first-order valence-corrected chi connectivity index (χ1v) is 10.4. The SMILES string of the molecule is CCOc1ccc(N2C(=O)C(O)=C(C(=O)C(C)C)C2c2ccc(C(C)C)cc2)cc1. The summed E-state index contributed by atoms with van der Waals surface area (Å²) in [5, 5.41) is 10.7. The summed E-state index contributed by atoms with van der Waals surface area (Å²) in [6.45, 7) is 10.2. The Kier molecular flexibility index (Phi) is 6.30. The number of ketones is 1. The van der Waals surface area contributed by atoms with Crippen LogP contribution in [0.4, 0.5) is 5.69 Å². The number of rotatable bonds is 7. The van der Waals surface area contributed by atoms with Crippen LogP contribution in [0.1, 0.15) is 57.7 Å².